The summed E-state index contributed by atoms with van der Waals surface area (Å²) in [6.07, 6.45) is 3.28. The number of hydrogen-bond acceptors (Lipinski definition) is 6. The minimum absolute atomic E-state index is 0.114. The molecule has 0 fully saturated rings. The monoisotopic (exact) mass is 350 g/mol. The number of hydrogen-bond donors (Lipinski definition) is 0. The average Bonchev–Trinajstić information content (AvgIpc) is 3.17. The SMILES string of the molecule is O=C(Oc1ccc(C=NCc2ccco2)cc1)c1cccc([N+](=O)[O-])c1. The zero-order valence-corrected chi connectivity index (χ0v) is 13.6. The van der Waals surface area contributed by atoms with Gasteiger partial charge < -0.3 is 9.15 Å². The molecule has 0 saturated heterocycles. The molecule has 26 heavy (non-hydrogen) atoms. The summed E-state index contributed by atoms with van der Waals surface area (Å²) in [5.74, 6) is 0.446. The first-order valence-corrected chi connectivity index (χ1v) is 7.71. The van der Waals surface area contributed by atoms with E-state index >= 15 is 0 Å². The Balaban J connectivity index is 1.61. The third-order valence-electron chi connectivity index (χ3n) is 3.45. The lowest BCUT2D eigenvalue weighted by atomic mass is 10.2. The van der Waals surface area contributed by atoms with E-state index in [4.69, 9.17) is 9.15 Å². The van der Waals surface area contributed by atoms with E-state index in [1.807, 2.05) is 6.07 Å². The van der Waals surface area contributed by atoms with Gasteiger partial charge in [0.2, 0.25) is 0 Å². The van der Waals surface area contributed by atoms with Gasteiger partial charge in [-0.05, 0) is 48.0 Å². The number of nitro benzene ring substituents is 1. The maximum atomic E-state index is 12.1. The number of aliphatic imine (C=N–C) groups is 1. The van der Waals surface area contributed by atoms with Crippen LogP contribution in [-0.4, -0.2) is 17.1 Å². The molecule has 2 aromatic carbocycles. The van der Waals surface area contributed by atoms with Crippen LogP contribution in [0.15, 0.2) is 76.3 Å². The second-order valence-corrected chi connectivity index (χ2v) is 5.32. The molecule has 0 saturated carbocycles. The van der Waals surface area contributed by atoms with Crippen LogP contribution >= 0.6 is 0 Å². The van der Waals surface area contributed by atoms with Crippen LogP contribution in [0, 0.1) is 10.1 Å². The van der Waals surface area contributed by atoms with Crippen molar-refractivity contribution in [3.05, 3.63) is 93.9 Å². The highest BCUT2D eigenvalue weighted by atomic mass is 16.6. The molecule has 0 aliphatic heterocycles. The van der Waals surface area contributed by atoms with Crippen molar-refractivity contribution in [3.63, 3.8) is 0 Å². The quantitative estimate of drug-likeness (QED) is 0.220. The molecule has 0 spiro atoms. The summed E-state index contributed by atoms with van der Waals surface area (Å²) in [5, 5.41) is 10.8. The molecule has 1 aromatic heterocycles. The van der Waals surface area contributed by atoms with Crippen LogP contribution in [0.3, 0.4) is 0 Å². The number of rotatable bonds is 6. The fourth-order valence-electron chi connectivity index (χ4n) is 2.18. The Bertz CT molecular complexity index is 931. The Labute approximate surface area is 148 Å². The van der Waals surface area contributed by atoms with Crippen LogP contribution in [0.4, 0.5) is 5.69 Å². The molecule has 0 aliphatic carbocycles. The van der Waals surface area contributed by atoms with Crippen molar-refractivity contribution in [2.45, 2.75) is 6.54 Å². The van der Waals surface area contributed by atoms with Crippen molar-refractivity contribution in [1.29, 1.82) is 0 Å². The molecule has 0 bridgehead atoms. The summed E-state index contributed by atoms with van der Waals surface area (Å²) in [5.41, 5.74) is 0.789. The predicted octanol–water partition coefficient (Wildman–Crippen LogP) is 4.03. The number of ether oxygens (including phenoxy) is 1. The molecule has 7 heteroatoms. The van der Waals surface area contributed by atoms with Crippen LogP contribution in [0.1, 0.15) is 21.7 Å². The smallest absolute Gasteiger partial charge is 0.343 e. The normalized spacial score (nSPS) is 10.8. The fourth-order valence-corrected chi connectivity index (χ4v) is 2.18. The van der Waals surface area contributed by atoms with E-state index in [0.29, 0.717) is 12.3 Å². The number of carbonyl (C=O) groups is 1. The lowest BCUT2D eigenvalue weighted by Gasteiger charge is -2.04. The number of benzene rings is 2. The van der Waals surface area contributed by atoms with E-state index in [1.165, 1.54) is 24.3 Å². The first-order valence-electron chi connectivity index (χ1n) is 7.71. The number of nitro groups is 1. The van der Waals surface area contributed by atoms with Crippen LogP contribution in [0.2, 0.25) is 0 Å². The zero-order valence-electron chi connectivity index (χ0n) is 13.6. The third kappa shape index (κ3) is 4.41. The molecule has 3 rings (SSSR count). The molecule has 1 heterocycles. The Kier molecular flexibility index (Phi) is 5.19. The molecular weight excluding hydrogens is 336 g/mol. The summed E-state index contributed by atoms with van der Waals surface area (Å²) in [7, 11) is 0. The van der Waals surface area contributed by atoms with Gasteiger partial charge in [0, 0.05) is 18.3 Å². The van der Waals surface area contributed by atoms with Gasteiger partial charge in [-0.2, -0.15) is 0 Å². The van der Waals surface area contributed by atoms with Crippen LogP contribution in [0.25, 0.3) is 0 Å². The topological polar surface area (TPSA) is 94.9 Å². The highest BCUT2D eigenvalue weighted by Gasteiger charge is 2.13. The van der Waals surface area contributed by atoms with Gasteiger partial charge in [-0.15, -0.1) is 0 Å². The lowest BCUT2D eigenvalue weighted by Crippen LogP contribution is -2.08. The largest absolute Gasteiger partial charge is 0.467 e. The van der Waals surface area contributed by atoms with Crippen LogP contribution in [-0.2, 0) is 6.54 Å². The molecule has 0 aliphatic rings. The maximum absolute atomic E-state index is 12.1. The Hall–Kier alpha value is -3.74. The second kappa shape index (κ2) is 7.89. The predicted molar refractivity (Wildman–Crippen MR) is 94.5 cm³/mol. The highest BCUT2D eigenvalue weighted by Crippen LogP contribution is 2.17. The maximum Gasteiger partial charge on any atom is 0.343 e. The summed E-state index contributed by atoms with van der Waals surface area (Å²) < 4.78 is 10.4. The summed E-state index contributed by atoms with van der Waals surface area (Å²) in [4.78, 5) is 26.6. The summed E-state index contributed by atoms with van der Waals surface area (Å²) >= 11 is 0. The van der Waals surface area contributed by atoms with Gasteiger partial charge in [0.25, 0.3) is 5.69 Å². The van der Waals surface area contributed by atoms with E-state index in [2.05, 4.69) is 4.99 Å². The molecule has 0 amide bonds. The van der Waals surface area contributed by atoms with Crippen LogP contribution < -0.4 is 4.74 Å². The van der Waals surface area contributed by atoms with E-state index in [9.17, 15) is 14.9 Å². The van der Waals surface area contributed by atoms with E-state index < -0.39 is 10.9 Å². The Morgan fingerprint density at radius 1 is 1.15 bits per heavy atom. The molecule has 0 unspecified atom stereocenters. The number of esters is 1. The Morgan fingerprint density at radius 3 is 2.65 bits per heavy atom. The van der Waals surface area contributed by atoms with E-state index in [0.717, 1.165) is 11.3 Å². The molecule has 0 N–H and O–H groups in total. The van der Waals surface area contributed by atoms with Crippen LogP contribution in [0.5, 0.6) is 5.75 Å². The second-order valence-electron chi connectivity index (χ2n) is 5.32. The van der Waals surface area contributed by atoms with Crippen molar-refractivity contribution >= 4 is 17.9 Å². The average molecular weight is 350 g/mol. The van der Waals surface area contributed by atoms with Gasteiger partial charge in [-0.25, -0.2) is 4.79 Å². The van der Waals surface area contributed by atoms with Crippen molar-refractivity contribution in [2.75, 3.05) is 0 Å². The molecular formula is C19H14N2O5. The summed E-state index contributed by atoms with van der Waals surface area (Å²) in [6, 6.07) is 15.8. The molecule has 7 nitrogen and oxygen atoms in total. The van der Waals surface area contributed by atoms with Crippen molar-refractivity contribution in [3.8, 4) is 5.75 Å². The van der Waals surface area contributed by atoms with Gasteiger partial charge in [0.05, 0.1) is 23.3 Å². The Morgan fingerprint density at radius 2 is 1.96 bits per heavy atom. The third-order valence-corrected chi connectivity index (χ3v) is 3.45. The molecule has 0 atom stereocenters. The lowest BCUT2D eigenvalue weighted by molar-refractivity contribution is -0.384. The van der Waals surface area contributed by atoms with Gasteiger partial charge in [0.15, 0.2) is 0 Å². The van der Waals surface area contributed by atoms with Crippen molar-refractivity contribution in [2.24, 2.45) is 4.99 Å². The van der Waals surface area contributed by atoms with Gasteiger partial charge in [0.1, 0.15) is 11.5 Å². The molecule has 130 valence electrons. The first-order chi connectivity index (χ1) is 12.6. The number of furan rings is 1. The first kappa shape index (κ1) is 17.1. The van der Waals surface area contributed by atoms with E-state index in [1.54, 1.807) is 42.8 Å². The minimum Gasteiger partial charge on any atom is -0.467 e. The molecule has 0 radical (unpaired) electrons. The van der Waals surface area contributed by atoms with Crippen molar-refractivity contribution in [1.82, 2.24) is 0 Å². The van der Waals surface area contributed by atoms with E-state index in [-0.39, 0.29) is 11.3 Å². The summed E-state index contributed by atoms with van der Waals surface area (Å²) in [6.45, 7) is 0.441. The fraction of sp³-hybridized carbons (Fsp3) is 0.0526. The number of carbonyl (C=O) groups excluding carboxylic acids is 1. The number of nitrogens with zero attached hydrogens (tertiary/aromatic N) is 2. The highest BCUT2D eigenvalue weighted by molar-refractivity contribution is 5.91. The van der Waals surface area contributed by atoms with Gasteiger partial charge in [-0.1, -0.05) is 6.07 Å². The van der Waals surface area contributed by atoms with Gasteiger partial charge >= 0.3 is 5.97 Å². The standard InChI is InChI=1S/C19H14N2O5/c22-19(15-3-1-4-16(11-15)21(23)24)26-17-8-6-14(7-9-17)12-20-13-18-5-2-10-25-18/h1-12H,13H2. The minimum atomic E-state index is -0.659. The van der Waals surface area contributed by atoms with Gasteiger partial charge in [-0.3, -0.25) is 15.1 Å². The number of non-ortho nitro benzene ring substituents is 1. The van der Waals surface area contributed by atoms with Crippen molar-refractivity contribution < 1.29 is 18.9 Å². The molecule has 3 aromatic rings. The zero-order chi connectivity index (χ0) is 18.4.